The summed E-state index contributed by atoms with van der Waals surface area (Å²) < 4.78 is 40.2. The molecule has 0 spiro atoms. The highest BCUT2D eigenvalue weighted by molar-refractivity contribution is 6.11. The van der Waals surface area contributed by atoms with Crippen LogP contribution in [0.4, 0.5) is 18.9 Å². The molecular formula is C36H39F3N6O3. The predicted molar refractivity (Wildman–Crippen MR) is 176 cm³/mol. The first-order valence-electron chi connectivity index (χ1n) is 16.1. The molecule has 48 heavy (non-hydrogen) atoms. The van der Waals surface area contributed by atoms with Crippen molar-refractivity contribution in [3.05, 3.63) is 111 Å². The molecule has 0 unspecified atom stereocenters. The van der Waals surface area contributed by atoms with E-state index in [2.05, 4.69) is 15.3 Å². The Bertz CT molecular complexity index is 1690. The molecule has 3 aromatic carbocycles. The number of aryl methyl sites for hydroxylation is 1. The number of azide groups is 1. The van der Waals surface area contributed by atoms with E-state index in [1.165, 1.54) is 11.0 Å². The highest BCUT2D eigenvalue weighted by Crippen LogP contribution is 2.46. The molecule has 0 bridgehead atoms. The molecule has 1 heterocycles. The number of rotatable bonds is 11. The van der Waals surface area contributed by atoms with Crippen LogP contribution >= 0.6 is 0 Å². The molecule has 3 aromatic rings. The van der Waals surface area contributed by atoms with E-state index < -0.39 is 23.7 Å². The van der Waals surface area contributed by atoms with Crippen LogP contribution in [0.5, 0.6) is 0 Å². The smallest absolute Gasteiger partial charge is 0.349 e. The van der Waals surface area contributed by atoms with Crippen LogP contribution in [-0.2, 0) is 35.3 Å². The van der Waals surface area contributed by atoms with Gasteiger partial charge in [0.25, 0.3) is 0 Å². The summed E-state index contributed by atoms with van der Waals surface area (Å²) in [4.78, 5) is 47.3. The minimum absolute atomic E-state index is 0.0510. The minimum atomic E-state index is -4.46. The van der Waals surface area contributed by atoms with Crippen molar-refractivity contribution in [2.24, 2.45) is 17.0 Å². The van der Waals surface area contributed by atoms with Gasteiger partial charge in [-0.3, -0.25) is 14.4 Å². The van der Waals surface area contributed by atoms with E-state index in [1.807, 2.05) is 30.3 Å². The first-order valence-corrected chi connectivity index (χ1v) is 16.1. The largest absolute Gasteiger partial charge is 0.416 e. The lowest BCUT2D eigenvalue weighted by atomic mass is 9.66. The maximum absolute atomic E-state index is 14.4. The molecule has 5 rings (SSSR count). The molecule has 1 fully saturated rings. The highest BCUT2D eigenvalue weighted by atomic mass is 19.4. The number of nitrogens with one attached hydrogen (secondary N) is 1. The fourth-order valence-corrected chi connectivity index (χ4v) is 7.03. The minimum Gasteiger partial charge on any atom is -0.349 e. The van der Waals surface area contributed by atoms with Gasteiger partial charge in [-0.05, 0) is 72.0 Å². The first kappa shape index (κ1) is 34.7. The molecule has 252 valence electrons. The van der Waals surface area contributed by atoms with Crippen LogP contribution in [0.3, 0.4) is 0 Å². The second-order valence-electron chi connectivity index (χ2n) is 12.8. The SMILES string of the molecule is CN(C)C(=O)CC[C@H]1C[C@H](NCc2cccc(C(F)(F)F)c2)C[C@@H]2[C@H]1C(=O)c1cc(CN=[N+]=[N-])ccc1N2C(=O)CCc1ccccc1. The summed E-state index contributed by atoms with van der Waals surface area (Å²) in [6.45, 7) is 0.222. The van der Waals surface area contributed by atoms with E-state index >= 15 is 0 Å². The summed E-state index contributed by atoms with van der Waals surface area (Å²) in [5.41, 5.74) is 11.1. The zero-order chi connectivity index (χ0) is 34.4. The average Bonchev–Trinajstić information content (AvgIpc) is 3.08. The maximum atomic E-state index is 14.4. The molecule has 9 nitrogen and oxygen atoms in total. The third kappa shape index (κ3) is 8.06. The lowest BCUT2D eigenvalue weighted by Gasteiger charge is -2.49. The highest BCUT2D eigenvalue weighted by Gasteiger charge is 2.50. The second kappa shape index (κ2) is 15.0. The maximum Gasteiger partial charge on any atom is 0.416 e. The third-order valence-corrected chi connectivity index (χ3v) is 9.39. The predicted octanol–water partition coefficient (Wildman–Crippen LogP) is 7.10. The van der Waals surface area contributed by atoms with Crippen molar-refractivity contribution in [1.82, 2.24) is 10.2 Å². The van der Waals surface area contributed by atoms with Crippen LogP contribution in [0.1, 0.15) is 64.7 Å². The zero-order valence-corrected chi connectivity index (χ0v) is 27.0. The summed E-state index contributed by atoms with van der Waals surface area (Å²) in [6.07, 6.45) is -2.23. The number of nitrogens with zero attached hydrogens (tertiary/aromatic N) is 5. The van der Waals surface area contributed by atoms with Crippen LogP contribution in [-0.4, -0.2) is 48.7 Å². The van der Waals surface area contributed by atoms with E-state index in [0.717, 1.165) is 17.7 Å². The fraction of sp³-hybridized carbons (Fsp3) is 0.417. The molecule has 1 saturated carbocycles. The van der Waals surface area contributed by atoms with Crippen LogP contribution in [0, 0.1) is 11.8 Å². The molecule has 12 heteroatoms. The Labute approximate surface area is 277 Å². The van der Waals surface area contributed by atoms with Crippen molar-refractivity contribution < 1.29 is 27.6 Å². The lowest BCUT2D eigenvalue weighted by molar-refractivity contribution is -0.137. The van der Waals surface area contributed by atoms with E-state index in [1.54, 1.807) is 43.3 Å². The quantitative estimate of drug-likeness (QED) is 0.134. The van der Waals surface area contributed by atoms with Crippen molar-refractivity contribution in [3.63, 3.8) is 0 Å². The lowest BCUT2D eigenvalue weighted by Crippen LogP contribution is -2.59. The molecule has 0 radical (unpaired) electrons. The Morgan fingerprint density at radius 3 is 2.44 bits per heavy atom. The van der Waals surface area contributed by atoms with Gasteiger partial charge in [0.1, 0.15) is 0 Å². The van der Waals surface area contributed by atoms with E-state index in [-0.39, 0.29) is 55.5 Å². The summed E-state index contributed by atoms with van der Waals surface area (Å²) in [5.74, 6) is -1.22. The number of amides is 2. The second-order valence-corrected chi connectivity index (χ2v) is 12.8. The van der Waals surface area contributed by atoms with Gasteiger partial charge in [0.05, 0.1) is 17.8 Å². The molecule has 1 aliphatic carbocycles. The van der Waals surface area contributed by atoms with Gasteiger partial charge in [0.2, 0.25) is 11.8 Å². The average molecular weight is 661 g/mol. The summed E-state index contributed by atoms with van der Waals surface area (Å²) in [6, 6.07) is 19.2. The monoisotopic (exact) mass is 660 g/mol. The molecule has 2 amide bonds. The van der Waals surface area contributed by atoms with Gasteiger partial charge in [-0.25, -0.2) is 0 Å². The van der Waals surface area contributed by atoms with Crippen molar-refractivity contribution in [1.29, 1.82) is 0 Å². The van der Waals surface area contributed by atoms with Gasteiger partial charge >= 0.3 is 6.18 Å². The Kier molecular flexibility index (Phi) is 10.9. The number of alkyl halides is 3. The number of hydrogen-bond donors (Lipinski definition) is 1. The standard InChI is InChI=1S/C36H39F3N6O3/c1-44(2)32(46)16-13-26-19-28(41-21-24-9-6-10-27(17-24)36(37,38)39)20-31-34(26)35(48)29-18-25(22-42-43-40)11-14-30(29)45(31)33(47)15-12-23-7-4-3-5-8-23/h3-11,14,17-18,26,28,31,34,41H,12-13,15-16,19-22H2,1-2H3/t26-,28-,31+,34-/m0/s1. The number of anilines is 1. The normalized spacial score (nSPS) is 20.4. The molecule has 0 saturated heterocycles. The van der Waals surface area contributed by atoms with Crippen LogP contribution < -0.4 is 10.2 Å². The van der Waals surface area contributed by atoms with E-state index in [0.29, 0.717) is 48.1 Å². The first-order chi connectivity index (χ1) is 23.0. The number of fused-ring (bicyclic) bond motifs is 2. The molecule has 0 aromatic heterocycles. The molecule has 2 aliphatic rings. The van der Waals surface area contributed by atoms with Gasteiger partial charge < -0.3 is 15.1 Å². The Balaban J connectivity index is 1.49. The van der Waals surface area contributed by atoms with Crippen molar-refractivity contribution in [2.45, 2.75) is 69.9 Å². The Morgan fingerprint density at radius 1 is 0.979 bits per heavy atom. The van der Waals surface area contributed by atoms with Crippen molar-refractivity contribution in [3.8, 4) is 0 Å². The fourth-order valence-electron chi connectivity index (χ4n) is 7.03. The van der Waals surface area contributed by atoms with Crippen molar-refractivity contribution >= 4 is 23.3 Å². The Hall–Kier alpha value is -4.67. The molecule has 4 atom stereocenters. The number of carbonyl (C=O) groups is 3. The number of hydrogen-bond acceptors (Lipinski definition) is 5. The number of Topliss-reactive ketones (excluding diaryl/α,β-unsaturated/α-hetero) is 1. The zero-order valence-electron chi connectivity index (χ0n) is 27.0. The molecule has 1 aliphatic heterocycles. The van der Waals surface area contributed by atoms with Gasteiger partial charge in [-0.15, -0.1) is 0 Å². The molecule has 1 N–H and O–H groups in total. The van der Waals surface area contributed by atoms with E-state index in [4.69, 9.17) is 5.53 Å². The summed E-state index contributed by atoms with van der Waals surface area (Å²) in [5, 5.41) is 7.06. The summed E-state index contributed by atoms with van der Waals surface area (Å²) >= 11 is 0. The van der Waals surface area contributed by atoms with Crippen LogP contribution in [0.15, 0.2) is 77.9 Å². The topological polar surface area (TPSA) is 118 Å². The number of benzene rings is 3. The summed E-state index contributed by atoms with van der Waals surface area (Å²) in [7, 11) is 3.34. The van der Waals surface area contributed by atoms with Gasteiger partial charge in [0.15, 0.2) is 5.78 Å². The number of ketones is 1. The molecular weight excluding hydrogens is 621 g/mol. The van der Waals surface area contributed by atoms with Crippen LogP contribution in [0.2, 0.25) is 0 Å². The van der Waals surface area contributed by atoms with Gasteiger partial charge in [0, 0.05) is 62.0 Å². The van der Waals surface area contributed by atoms with Gasteiger partial charge in [-0.1, -0.05) is 59.7 Å². The number of carbonyl (C=O) groups excluding carboxylic acids is 3. The van der Waals surface area contributed by atoms with Gasteiger partial charge in [-0.2, -0.15) is 13.2 Å². The third-order valence-electron chi connectivity index (χ3n) is 9.39. The Morgan fingerprint density at radius 2 is 1.73 bits per heavy atom. The van der Waals surface area contributed by atoms with Crippen molar-refractivity contribution in [2.75, 3.05) is 19.0 Å². The van der Waals surface area contributed by atoms with E-state index in [9.17, 15) is 27.6 Å². The van der Waals surface area contributed by atoms with Crippen LogP contribution in [0.25, 0.3) is 10.4 Å². The number of halogens is 3.